The lowest BCUT2D eigenvalue weighted by Gasteiger charge is -2.38. The second-order valence-corrected chi connectivity index (χ2v) is 7.26. The average molecular weight is 354 g/mol. The number of aliphatic hydroxyl groups excluding tert-OH is 1. The maximum Gasteiger partial charge on any atom is 0.240 e. The Bertz CT molecular complexity index is 745. The summed E-state index contributed by atoms with van der Waals surface area (Å²) in [4.78, 5) is 17.6. The van der Waals surface area contributed by atoms with Crippen molar-refractivity contribution in [2.75, 3.05) is 13.1 Å². The van der Waals surface area contributed by atoms with Gasteiger partial charge in [0.15, 0.2) is 0 Å². The van der Waals surface area contributed by atoms with Gasteiger partial charge in [0, 0.05) is 37.3 Å². The molecular formula is C20H26N4O2. The molecule has 6 nitrogen and oxygen atoms in total. The maximum absolute atomic E-state index is 13.3. The third-order valence-corrected chi connectivity index (χ3v) is 5.61. The van der Waals surface area contributed by atoms with Crippen molar-refractivity contribution in [2.24, 2.45) is 0 Å². The predicted molar refractivity (Wildman–Crippen MR) is 98.1 cm³/mol. The lowest BCUT2D eigenvalue weighted by molar-refractivity contribution is -0.139. The van der Waals surface area contributed by atoms with E-state index >= 15 is 0 Å². The number of fused-ring (bicyclic) bond motifs is 1. The summed E-state index contributed by atoms with van der Waals surface area (Å²) in [6, 6.07) is 10.3. The fraction of sp³-hybridized carbons (Fsp3) is 0.500. The maximum atomic E-state index is 13.3. The van der Waals surface area contributed by atoms with Gasteiger partial charge in [0.05, 0.1) is 18.3 Å². The molecule has 1 saturated heterocycles. The number of nitrogens with zero attached hydrogens (tertiary/aromatic N) is 3. The Morgan fingerprint density at radius 2 is 2.08 bits per heavy atom. The second kappa shape index (κ2) is 7.60. The first-order valence-electron chi connectivity index (χ1n) is 9.49. The van der Waals surface area contributed by atoms with Crippen LogP contribution in [0.2, 0.25) is 0 Å². The molecule has 2 N–H and O–H groups in total. The molecule has 0 radical (unpaired) electrons. The van der Waals surface area contributed by atoms with Crippen molar-refractivity contribution >= 4 is 5.91 Å². The molecule has 2 aliphatic heterocycles. The fourth-order valence-electron chi connectivity index (χ4n) is 4.16. The van der Waals surface area contributed by atoms with Gasteiger partial charge >= 0.3 is 0 Å². The Morgan fingerprint density at radius 1 is 1.23 bits per heavy atom. The van der Waals surface area contributed by atoms with Crippen LogP contribution in [0.15, 0.2) is 30.3 Å². The highest BCUT2D eigenvalue weighted by atomic mass is 16.3. The van der Waals surface area contributed by atoms with Crippen molar-refractivity contribution in [2.45, 2.75) is 51.4 Å². The molecule has 1 fully saturated rings. The Balaban J connectivity index is 1.49. The molecule has 0 aliphatic carbocycles. The first-order valence-corrected chi connectivity index (χ1v) is 9.49. The van der Waals surface area contributed by atoms with Crippen LogP contribution in [0.5, 0.6) is 0 Å². The molecule has 1 aromatic heterocycles. The number of H-pyrrole nitrogens is 1. The Morgan fingerprint density at radius 3 is 2.88 bits per heavy atom. The number of nitrogens with one attached hydrogen (secondary N) is 1. The number of aromatic nitrogens is 2. The molecule has 0 saturated carbocycles. The van der Waals surface area contributed by atoms with Gasteiger partial charge in [-0.1, -0.05) is 36.8 Å². The van der Waals surface area contributed by atoms with Gasteiger partial charge in [0.2, 0.25) is 5.91 Å². The number of benzene rings is 1. The van der Waals surface area contributed by atoms with E-state index in [4.69, 9.17) is 0 Å². The third-order valence-electron chi connectivity index (χ3n) is 5.61. The number of hydrogen-bond donors (Lipinski definition) is 2. The Kier molecular flexibility index (Phi) is 5.04. The molecule has 6 heteroatoms. The number of amides is 1. The van der Waals surface area contributed by atoms with Crippen LogP contribution in [0.3, 0.4) is 0 Å². The van der Waals surface area contributed by atoms with E-state index in [0.717, 1.165) is 50.0 Å². The summed E-state index contributed by atoms with van der Waals surface area (Å²) < 4.78 is 0. The first kappa shape index (κ1) is 17.2. The van der Waals surface area contributed by atoms with Gasteiger partial charge in [-0.05, 0) is 24.9 Å². The van der Waals surface area contributed by atoms with Gasteiger partial charge in [0.25, 0.3) is 0 Å². The molecular weight excluding hydrogens is 328 g/mol. The van der Waals surface area contributed by atoms with Gasteiger partial charge in [-0.2, -0.15) is 5.10 Å². The number of likely N-dealkylation sites (tertiary alicyclic amines) is 1. The van der Waals surface area contributed by atoms with Crippen LogP contribution in [0.4, 0.5) is 0 Å². The average Bonchev–Trinajstić information content (AvgIpc) is 3.11. The number of rotatable bonds is 4. The van der Waals surface area contributed by atoms with Gasteiger partial charge in [0.1, 0.15) is 0 Å². The lowest BCUT2D eigenvalue weighted by atomic mass is 9.98. The van der Waals surface area contributed by atoms with E-state index in [1.54, 1.807) is 0 Å². The van der Waals surface area contributed by atoms with Crippen molar-refractivity contribution in [3.63, 3.8) is 0 Å². The minimum Gasteiger partial charge on any atom is -0.390 e. The van der Waals surface area contributed by atoms with Crippen LogP contribution in [0, 0.1) is 0 Å². The standard InChI is InChI=1S/C20H26N4O2/c25-14-18-16-13-24(11-9-17(16)21-22-18)20(26)19-8-4-5-10-23(19)12-15-6-2-1-3-7-15/h1-3,6-7,19,25H,4-5,8-14H2,(H,21,22)/t19-/m0/s1. The highest BCUT2D eigenvalue weighted by molar-refractivity contribution is 5.82. The zero-order valence-corrected chi connectivity index (χ0v) is 15.0. The number of aliphatic hydroxyl groups is 1. The molecule has 2 aromatic rings. The smallest absolute Gasteiger partial charge is 0.240 e. The Labute approximate surface area is 153 Å². The fourth-order valence-corrected chi connectivity index (χ4v) is 4.16. The molecule has 138 valence electrons. The van der Waals surface area contributed by atoms with Crippen LogP contribution in [0.25, 0.3) is 0 Å². The van der Waals surface area contributed by atoms with Crippen LogP contribution in [-0.2, 0) is 30.9 Å². The zero-order valence-electron chi connectivity index (χ0n) is 15.0. The number of carbonyl (C=O) groups is 1. The van der Waals surface area contributed by atoms with Gasteiger partial charge in [-0.25, -0.2) is 0 Å². The van der Waals surface area contributed by atoms with Crippen molar-refractivity contribution < 1.29 is 9.90 Å². The zero-order chi connectivity index (χ0) is 17.9. The number of piperidine rings is 1. The molecule has 26 heavy (non-hydrogen) atoms. The quantitative estimate of drug-likeness (QED) is 0.879. The lowest BCUT2D eigenvalue weighted by Crippen LogP contribution is -2.51. The van der Waals surface area contributed by atoms with Gasteiger partial charge in [-0.3, -0.25) is 14.8 Å². The van der Waals surface area contributed by atoms with E-state index in [1.165, 1.54) is 5.56 Å². The van der Waals surface area contributed by atoms with Crippen LogP contribution in [0.1, 0.15) is 41.8 Å². The van der Waals surface area contributed by atoms with Crippen molar-refractivity contribution in [3.05, 3.63) is 52.8 Å². The predicted octanol–water partition coefficient (Wildman–Crippen LogP) is 1.84. The van der Waals surface area contributed by atoms with E-state index in [9.17, 15) is 9.90 Å². The second-order valence-electron chi connectivity index (χ2n) is 7.26. The molecule has 2 aliphatic rings. The van der Waals surface area contributed by atoms with Gasteiger partial charge < -0.3 is 10.0 Å². The van der Waals surface area contributed by atoms with E-state index in [-0.39, 0.29) is 18.6 Å². The van der Waals surface area contributed by atoms with Crippen molar-refractivity contribution in [3.8, 4) is 0 Å². The SMILES string of the molecule is O=C([C@@H]1CCCCN1Cc1ccccc1)N1CCc2[nH]nc(CO)c2C1. The van der Waals surface area contributed by atoms with E-state index in [1.807, 2.05) is 11.0 Å². The van der Waals surface area contributed by atoms with Crippen LogP contribution >= 0.6 is 0 Å². The summed E-state index contributed by atoms with van der Waals surface area (Å²) in [6.07, 6.45) is 3.96. The molecule has 1 amide bonds. The van der Waals surface area contributed by atoms with Crippen molar-refractivity contribution in [1.29, 1.82) is 0 Å². The summed E-state index contributed by atoms with van der Waals surface area (Å²) in [5.41, 5.74) is 3.98. The van der Waals surface area contributed by atoms with E-state index in [2.05, 4.69) is 39.4 Å². The summed E-state index contributed by atoms with van der Waals surface area (Å²) >= 11 is 0. The number of hydrogen-bond acceptors (Lipinski definition) is 4. The first-order chi connectivity index (χ1) is 12.8. The molecule has 0 unspecified atom stereocenters. The van der Waals surface area contributed by atoms with Crippen LogP contribution < -0.4 is 0 Å². The highest BCUT2D eigenvalue weighted by Gasteiger charge is 2.34. The number of aromatic amines is 1. The Hall–Kier alpha value is -2.18. The topological polar surface area (TPSA) is 72.5 Å². The number of carbonyl (C=O) groups excluding carboxylic acids is 1. The minimum absolute atomic E-state index is 0.0463. The summed E-state index contributed by atoms with van der Waals surface area (Å²) in [7, 11) is 0. The molecule has 0 spiro atoms. The molecule has 3 heterocycles. The van der Waals surface area contributed by atoms with Crippen molar-refractivity contribution in [1.82, 2.24) is 20.0 Å². The minimum atomic E-state index is -0.0859. The molecule has 1 aromatic carbocycles. The third kappa shape index (κ3) is 3.39. The summed E-state index contributed by atoms with van der Waals surface area (Å²) in [6.45, 7) is 2.98. The molecule has 4 rings (SSSR count). The summed E-state index contributed by atoms with van der Waals surface area (Å²) in [5.74, 6) is 0.219. The van der Waals surface area contributed by atoms with E-state index in [0.29, 0.717) is 18.8 Å². The van der Waals surface area contributed by atoms with Gasteiger partial charge in [-0.15, -0.1) is 0 Å². The van der Waals surface area contributed by atoms with Crippen LogP contribution in [-0.4, -0.2) is 50.1 Å². The molecule has 1 atom stereocenters. The highest BCUT2D eigenvalue weighted by Crippen LogP contribution is 2.25. The largest absolute Gasteiger partial charge is 0.390 e. The summed E-state index contributed by atoms with van der Waals surface area (Å²) in [5, 5.41) is 16.6. The monoisotopic (exact) mass is 354 g/mol. The van der Waals surface area contributed by atoms with E-state index < -0.39 is 0 Å². The normalized spacial score (nSPS) is 20.8. The molecule has 0 bridgehead atoms.